The number of nitrogens with one attached hydrogen (secondary N) is 1. The van der Waals surface area contributed by atoms with E-state index in [0.717, 1.165) is 44.3 Å². The van der Waals surface area contributed by atoms with Gasteiger partial charge in [0.1, 0.15) is 0 Å². The van der Waals surface area contributed by atoms with Gasteiger partial charge in [0.15, 0.2) is 0 Å². The van der Waals surface area contributed by atoms with Gasteiger partial charge in [-0.05, 0) is 37.5 Å². The molecule has 1 aliphatic heterocycles. The predicted octanol–water partition coefficient (Wildman–Crippen LogP) is 3.34. The highest BCUT2D eigenvalue weighted by atomic mass is 16.2. The Bertz CT molecular complexity index is 502. The first-order chi connectivity index (χ1) is 11.2. The Balaban J connectivity index is 1.51. The van der Waals surface area contributed by atoms with Gasteiger partial charge in [-0.15, -0.1) is 0 Å². The number of hydrogen-bond donors (Lipinski definition) is 1. The fourth-order valence-corrected chi connectivity index (χ4v) is 3.55. The fraction of sp³-hybridized carbons (Fsp3) is 0.722. The van der Waals surface area contributed by atoms with E-state index in [0.29, 0.717) is 11.5 Å². The van der Waals surface area contributed by atoms with E-state index in [9.17, 15) is 4.79 Å². The summed E-state index contributed by atoms with van der Waals surface area (Å²) in [5.41, 5.74) is 0.600. The molecule has 5 heteroatoms. The Labute approximate surface area is 138 Å². The van der Waals surface area contributed by atoms with Gasteiger partial charge in [-0.2, -0.15) is 0 Å². The maximum absolute atomic E-state index is 12.4. The fourth-order valence-electron chi connectivity index (χ4n) is 3.55. The summed E-state index contributed by atoms with van der Waals surface area (Å²) in [5, 5.41) is 3.32. The van der Waals surface area contributed by atoms with Crippen LogP contribution in [0.1, 0.15) is 62.2 Å². The van der Waals surface area contributed by atoms with Crippen LogP contribution in [0.3, 0.4) is 0 Å². The third-order valence-electron chi connectivity index (χ3n) is 5.24. The summed E-state index contributed by atoms with van der Waals surface area (Å²) in [6, 6.07) is 0. The molecular weight excluding hydrogens is 288 g/mol. The average Bonchev–Trinajstić information content (AvgIpc) is 2.61. The SMILES string of the molecule is CC1CCN(C(=O)c2cnc(NCC3CCCCC3)nc2)CC1. The van der Waals surface area contributed by atoms with Gasteiger partial charge in [0.25, 0.3) is 5.91 Å². The molecule has 5 nitrogen and oxygen atoms in total. The molecule has 0 aromatic carbocycles. The molecule has 126 valence electrons. The van der Waals surface area contributed by atoms with E-state index in [2.05, 4.69) is 22.2 Å². The Morgan fingerprint density at radius 3 is 2.43 bits per heavy atom. The van der Waals surface area contributed by atoms with Crippen molar-refractivity contribution in [2.24, 2.45) is 11.8 Å². The molecule has 2 aliphatic rings. The first kappa shape index (κ1) is 16.2. The lowest BCUT2D eigenvalue weighted by Crippen LogP contribution is -2.38. The van der Waals surface area contributed by atoms with Crippen molar-refractivity contribution in [1.29, 1.82) is 0 Å². The molecule has 0 unspecified atom stereocenters. The van der Waals surface area contributed by atoms with Gasteiger partial charge in [-0.3, -0.25) is 4.79 Å². The van der Waals surface area contributed by atoms with Gasteiger partial charge >= 0.3 is 0 Å². The van der Waals surface area contributed by atoms with Crippen molar-refractivity contribution in [3.8, 4) is 0 Å². The van der Waals surface area contributed by atoms with Gasteiger partial charge in [-0.1, -0.05) is 26.2 Å². The van der Waals surface area contributed by atoms with E-state index in [4.69, 9.17) is 0 Å². The van der Waals surface area contributed by atoms with Crippen molar-refractivity contribution in [2.75, 3.05) is 25.0 Å². The van der Waals surface area contributed by atoms with Crippen LogP contribution in [0, 0.1) is 11.8 Å². The van der Waals surface area contributed by atoms with Crippen molar-refractivity contribution >= 4 is 11.9 Å². The molecule has 1 aromatic heterocycles. The zero-order valence-corrected chi connectivity index (χ0v) is 14.1. The van der Waals surface area contributed by atoms with E-state index in [1.54, 1.807) is 12.4 Å². The number of anilines is 1. The van der Waals surface area contributed by atoms with E-state index < -0.39 is 0 Å². The molecular formula is C18H28N4O. The summed E-state index contributed by atoms with van der Waals surface area (Å²) >= 11 is 0. The highest BCUT2D eigenvalue weighted by Gasteiger charge is 2.22. The number of hydrogen-bond acceptors (Lipinski definition) is 4. The van der Waals surface area contributed by atoms with Gasteiger partial charge in [0, 0.05) is 32.0 Å². The van der Waals surface area contributed by atoms with Crippen LogP contribution >= 0.6 is 0 Å². The number of amides is 1. The lowest BCUT2D eigenvalue weighted by molar-refractivity contribution is 0.0696. The third kappa shape index (κ3) is 4.43. The van der Waals surface area contributed by atoms with Crippen LogP contribution in [-0.4, -0.2) is 40.4 Å². The Hall–Kier alpha value is -1.65. The molecule has 1 aromatic rings. The third-order valence-corrected chi connectivity index (χ3v) is 5.24. The molecule has 3 rings (SSSR count). The average molecular weight is 316 g/mol. The molecule has 0 atom stereocenters. The molecule has 2 heterocycles. The summed E-state index contributed by atoms with van der Waals surface area (Å²) in [6.45, 7) is 4.89. The van der Waals surface area contributed by atoms with Crippen LogP contribution in [0.4, 0.5) is 5.95 Å². The summed E-state index contributed by atoms with van der Waals surface area (Å²) in [4.78, 5) is 23.0. The van der Waals surface area contributed by atoms with Crippen LogP contribution in [-0.2, 0) is 0 Å². The zero-order chi connectivity index (χ0) is 16.1. The number of carbonyl (C=O) groups is 1. The van der Waals surface area contributed by atoms with Crippen molar-refractivity contribution in [2.45, 2.75) is 51.9 Å². The second-order valence-corrected chi connectivity index (χ2v) is 7.16. The van der Waals surface area contributed by atoms with Gasteiger partial charge in [-0.25, -0.2) is 9.97 Å². The van der Waals surface area contributed by atoms with Gasteiger partial charge in [0.05, 0.1) is 5.56 Å². The molecule has 0 radical (unpaired) electrons. The normalized spacial score (nSPS) is 20.5. The largest absolute Gasteiger partial charge is 0.354 e. The van der Waals surface area contributed by atoms with E-state index >= 15 is 0 Å². The molecule has 23 heavy (non-hydrogen) atoms. The maximum Gasteiger partial charge on any atom is 0.256 e. The Morgan fingerprint density at radius 2 is 1.78 bits per heavy atom. The Morgan fingerprint density at radius 1 is 1.13 bits per heavy atom. The predicted molar refractivity (Wildman–Crippen MR) is 91.4 cm³/mol. The number of piperidine rings is 1. The monoisotopic (exact) mass is 316 g/mol. The standard InChI is InChI=1S/C18H28N4O/c1-14-7-9-22(10-8-14)17(23)16-12-20-18(21-13-16)19-11-15-5-3-2-4-6-15/h12-15H,2-11H2,1H3,(H,19,20,21). The van der Waals surface area contributed by atoms with Gasteiger partial charge in [0.2, 0.25) is 5.95 Å². The Kier molecular flexibility index (Phi) is 5.47. The summed E-state index contributed by atoms with van der Waals surface area (Å²) < 4.78 is 0. The molecule has 1 saturated heterocycles. The lowest BCUT2D eigenvalue weighted by Gasteiger charge is -2.30. The van der Waals surface area contributed by atoms with Crippen LogP contribution in [0.15, 0.2) is 12.4 Å². The van der Waals surface area contributed by atoms with Crippen LogP contribution in [0.5, 0.6) is 0 Å². The highest BCUT2D eigenvalue weighted by molar-refractivity contribution is 5.93. The van der Waals surface area contributed by atoms with E-state index in [-0.39, 0.29) is 5.91 Å². The first-order valence-electron chi connectivity index (χ1n) is 9.07. The quantitative estimate of drug-likeness (QED) is 0.925. The highest BCUT2D eigenvalue weighted by Crippen LogP contribution is 2.23. The second-order valence-electron chi connectivity index (χ2n) is 7.16. The summed E-state index contributed by atoms with van der Waals surface area (Å²) in [5.74, 6) is 2.17. The minimum Gasteiger partial charge on any atom is -0.354 e. The minimum atomic E-state index is 0.0655. The van der Waals surface area contributed by atoms with Gasteiger partial charge < -0.3 is 10.2 Å². The number of rotatable bonds is 4. The number of carbonyl (C=O) groups excluding carboxylic acids is 1. The smallest absolute Gasteiger partial charge is 0.256 e. The molecule has 1 aliphatic carbocycles. The minimum absolute atomic E-state index is 0.0655. The maximum atomic E-state index is 12.4. The molecule has 1 amide bonds. The van der Waals surface area contributed by atoms with E-state index in [1.807, 2.05) is 4.90 Å². The van der Waals surface area contributed by atoms with Crippen molar-refractivity contribution in [3.63, 3.8) is 0 Å². The molecule has 1 saturated carbocycles. The summed E-state index contributed by atoms with van der Waals surface area (Å²) in [7, 11) is 0. The van der Waals surface area contributed by atoms with Crippen LogP contribution in [0.2, 0.25) is 0 Å². The second kappa shape index (κ2) is 7.75. The topological polar surface area (TPSA) is 58.1 Å². The number of aromatic nitrogens is 2. The molecule has 1 N–H and O–H groups in total. The summed E-state index contributed by atoms with van der Waals surface area (Å²) in [6.07, 6.45) is 12.2. The zero-order valence-electron chi connectivity index (χ0n) is 14.1. The van der Waals surface area contributed by atoms with Crippen molar-refractivity contribution in [3.05, 3.63) is 18.0 Å². The molecule has 2 fully saturated rings. The number of likely N-dealkylation sites (tertiary alicyclic amines) is 1. The van der Waals surface area contributed by atoms with Crippen LogP contribution in [0.25, 0.3) is 0 Å². The van der Waals surface area contributed by atoms with Crippen LogP contribution < -0.4 is 5.32 Å². The molecule has 0 bridgehead atoms. The van der Waals surface area contributed by atoms with E-state index in [1.165, 1.54) is 32.1 Å². The molecule has 0 spiro atoms. The lowest BCUT2D eigenvalue weighted by atomic mass is 9.89. The van der Waals surface area contributed by atoms with Crippen molar-refractivity contribution < 1.29 is 4.79 Å². The van der Waals surface area contributed by atoms with Crippen molar-refractivity contribution in [1.82, 2.24) is 14.9 Å². The first-order valence-corrected chi connectivity index (χ1v) is 9.07. The number of nitrogens with zero attached hydrogens (tertiary/aromatic N) is 3.